The summed E-state index contributed by atoms with van der Waals surface area (Å²) >= 11 is 0. The molecule has 0 saturated carbocycles. The molecule has 1 fully saturated rings. The van der Waals surface area contributed by atoms with Crippen molar-refractivity contribution in [3.63, 3.8) is 0 Å². The van der Waals surface area contributed by atoms with Gasteiger partial charge in [-0.25, -0.2) is 0 Å². The van der Waals surface area contributed by atoms with Gasteiger partial charge >= 0.3 is 0 Å². The van der Waals surface area contributed by atoms with Gasteiger partial charge in [-0.2, -0.15) is 0 Å². The molecule has 1 aliphatic carbocycles. The zero-order valence-corrected chi connectivity index (χ0v) is 13.7. The largest absolute Gasteiger partial charge is 0.394 e. The highest BCUT2D eigenvalue weighted by Crippen LogP contribution is 2.38. The lowest BCUT2D eigenvalue weighted by atomic mass is 9.71. The van der Waals surface area contributed by atoms with Gasteiger partial charge in [0, 0.05) is 6.42 Å². The van der Waals surface area contributed by atoms with E-state index in [1.165, 1.54) is 0 Å². The third kappa shape index (κ3) is 3.81. The van der Waals surface area contributed by atoms with E-state index < -0.39 is 37.3 Å². The van der Waals surface area contributed by atoms with Gasteiger partial charge in [-0.1, -0.05) is 19.9 Å². The van der Waals surface area contributed by atoms with E-state index in [9.17, 15) is 20.1 Å². The Morgan fingerprint density at radius 2 is 1.91 bits per heavy atom. The minimum Gasteiger partial charge on any atom is -0.394 e. The predicted octanol–water partition coefficient (Wildman–Crippen LogP) is -0.636. The highest BCUT2D eigenvalue weighted by molar-refractivity contribution is 5.96. The quantitative estimate of drug-likeness (QED) is 0.542. The van der Waals surface area contributed by atoms with E-state index in [1.54, 1.807) is 6.92 Å². The molecule has 0 bridgehead atoms. The highest BCUT2D eigenvalue weighted by Gasteiger charge is 2.45. The molecule has 0 aromatic rings. The molecule has 0 aromatic heterocycles. The van der Waals surface area contributed by atoms with Gasteiger partial charge in [-0.15, -0.1) is 0 Å². The standard InChI is InChI=1S/C16H26O7/c1-8-5-16(2,3)9(4-10(8)18)7-22-15-14(21)13(20)12(19)11(6-17)23-15/h5,9,11-15,17,19-21H,4,6-7H2,1-3H3/t9?,11-,12-,13+,14-,15-/m1/s1. The summed E-state index contributed by atoms with van der Waals surface area (Å²) in [7, 11) is 0. The fourth-order valence-electron chi connectivity index (χ4n) is 3.09. The van der Waals surface area contributed by atoms with E-state index >= 15 is 0 Å². The van der Waals surface area contributed by atoms with Crippen molar-refractivity contribution in [3.05, 3.63) is 11.6 Å². The average molecular weight is 330 g/mol. The molecule has 7 nitrogen and oxygen atoms in total. The van der Waals surface area contributed by atoms with Crippen LogP contribution in [0.3, 0.4) is 0 Å². The fourth-order valence-corrected chi connectivity index (χ4v) is 3.09. The van der Waals surface area contributed by atoms with E-state index in [2.05, 4.69) is 0 Å². The molecule has 0 amide bonds. The lowest BCUT2D eigenvalue weighted by Crippen LogP contribution is -2.59. The molecule has 1 heterocycles. The van der Waals surface area contributed by atoms with Crippen molar-refractivity contribution in [2.75, 3.05) is 13.2 Å². The molecule has 1 saturated heterocycles. The van der Waals surface area contributed by atoms with Gasteiger partial charge < -0.3 is 29.9 Å². The molecule has 4 N–H and O–H groups in total. The molecular formula is C16H26O7. The first-order chi connectivity index (χ1) is 10.7. The molecule has 7 heteroatoms. The Balaban J connectivity index is 2.01. The molecule has 0 aromatic carbocycles. The Morgan fingerprint density at radius 1 is 1.26 bits per heavy atom. The smallest absolute Gasteiger partial charge is 0.186 e. The first kappa shape index (κ1) is 18.5. The van der Waals surface area contributed by atoms with Gasteiger partial charge in [-0.3, -0.25) is 4.79 Å². The van der Waals surface area contributed by atoms with Crippen LogP contribution in [0.1, 0.15) is 27.2 Å². The monoisotopic (exact) mass is 330 g/mol. The third-order valence-electron chi connectivity index (χ3n) is 4.82. The molecule has 23 heavy (non-hydrogen) atoms. The van der Waals surface area contributed by atoms with Crippen LogP contribution in [0.2, 0.25) is 0 Å². The topological polar surface area (TPSA) is 116 Å². The van der Waals surface area contributed by atoms with E-state index in [4.69, 9.17) is 14.6 Å². The number of carbonyl (C=O) groups is 1. The Labute approximate surface area is 135 Å². The Bertz CT molecular complexity index is 471. The van der Waals surface area contributed by atoms with Crippen LogP contribution in [0.5, 0.6) is 0 Å². The van der Waals surface area contributed by atoms with Crippen LogP contribution in [0.25, 0.3) is 0 Å². The normalized spacial score (nSPS) is 40.8. The summed E-state index contributed by atoms with van der Waals surface area (Å²) in [6.07, 6.45) is -4.20. The van der Waals surface area contributed by atoms with Crippen molar-refractivity contribution in [2.45, 2.75) is 57.9 Å². The number of hydrogen-bond acceptors (Lipinski definition) is 7. The van der Waals surface area contributed by atoms with Crippen LogP contribution < -0.4 is 0 Å². The minimum absolute atomic E-state index is 0.0618. The van der Waals surface area contributed by atoms with Crippen molar-refractivity contribution in [1.29, 1.82) is 0 Å². The molecule has 2 rings (SSSR count). The van der Waals surface area contributed by atoms with Gasteiger partial charge in [0.05, 0.1) is 13.2 Å². The average Bonchev–Trinajstić information content (AvgIpc) is 2.48. The maximum Gasteiger partial charge on any atom is 0.186 e. The summed E-state index contributed by atoms with van der Waals surface area (Å²) in [5.74, 6) is -0.0298. The number of hydrogen-bond donors (Lipinski definition) is 4. The van der Waals surface area contributed by atoms with E-state index in [1.807, 2.05) is 19.9 Å². The highest BCUT2D eigenvalue weighted by atomic mass is 16.7. The van der Waals surface area contributed by atoms with Gasteiger partial charge in [0.2, 0.25) is 0 Å². The summed E-state index contributed by atoms with van der Waals surface area (Å²) in [5, 5.41) is 38.6. The SMILES string of the molecule is CC1=CC(C)(C)C(CO[C@@H]2O[C@H](CO)[C@@H](O)[C@H](O)[C@H]2O)CC1=O. The number of allylic oxidation sites excluding steroid dienone is 2. The number of rotatable bonds is 4. The number of ether oxygens (including phenoxy) is 2. The van der Waals surface area contributed by atoms with Gasteiger partial charge in [-0.05, 0) is 23.8 Å². The van der Waals surface area contributed by atoms with Crippen LogP contribution >= 0.6 is 0 Å². The van der Waals surface area contributed by atoms with E-state index in [-0.39, 0.29) is 23.7 Å². The Hall–Kier alpha value is -0.830. The molecule has 1 unspecified atom stereocenters. The molecule has 6 atom stereocenters. The zero-order chi connectivity index (χ0) is 17.4. The molecule has 2 aliphatic rings. The van der Waals surface area contributed by atoms with Gasteiger partial charge in [0.25, 0.3) is 0 Å². The van der Waals surface area contributed by atoms with E-state index in [0.717, 1.165) is 5.57 Å². The van der Waals surface area contributed by atoms with Crippen molar-refractivity contribution in [1.82, 2.24) is 0 Å². The van der Waals surface area contributed by atoms with Crippen molar-refractivity contribution in [3.8, 4) is 0 Å². The fraction of sp³-hybridized carbons (Fsp3) is 0.812. The second-order valence-corrected chi connectivity index (χ2v) is 7.00. The number of ketones is 1. The number of carbonyl (C=O) groups excluding carboxylic acids is 1. The maximum atomic E-state index is 11.9. The second kappa shape index (κ2) is 6.96. The van der Waals surface area contributed by atoms with Crippen molar-refractivity contribution < 1.29 is 34.7 Å². The second-order valence-electron chi connectivity index (χ2n) is 7.00. The van der Waals surface area contributed by atoms with Crippen LogP contribution in [0.4, 0.5) is 0 Å². The van der Waals surface area contributed by atoms with E-state index in [0.29, 0.717) is 6.42 Å². The predicted molar refractivity (Wildman–Crippen MR) is 80.4 cm³/mol. The summed E-state index contributed by atoms with van der Waals surface area (Å²) in [5.41, 5.74) is 0.491. The Morgan fingerprint density at radius 3 is 2.52 bits per heavy atom. The van der Waals surface area contributed by atoms with Crippen LogP contribution in [-0.4, -0.2) is 70.1 Å². The first-order valence-corrected chi connectivity index (χ1v) is 7.82. The molecule has 132 valence electrons. The van der Waals surface area contributed by atoms with Crippen molar-refractivity contribution >= 4 is 5.78 Å². The minimum atomic E-state index is -1.46. The van der Waals surface area contributed by atoms with Crippen molar-refractivity contribution in [2.24, 2.45) is 11.3 Å². The van der Waals surface area contributed by atoms with Gasteiger partial charge in [0.1, 0.15) is 24.4 Å². The van der Waals surface area contributed by atoms with Gasteiger partial charge in [0.15, 0.2) is 12.1 Å². The first-order valence-electron chi connectivity index (χ1n) is 7.82. The summed E-state index contributed by atoms with van der Waals surface area (Å²) in [6.45, 7) is 5.46. The zero-order valence-electron chi connectivity index (χ0n) is 13.7. The Kier molecular flexibility index (Phi) is 5.60. The summed E-state index contributed by atoms with van der Waals surface area (Å²) in [4.78, 5) is 11.9. The lowest BCUT2D eigenvalue weighted by molar-refractivity contribution is -0.304. The summed E-state index contributed by atoms with van der Waals surface area (Å²) < 4.78 is 10.9. The van der Waals surface area contributed by atoms with Crippen LogP contribution in [0, 0.1) is 11.3 Å². The van der Waals surface area contributed by atoms with Crippen LogP contribution in [-0.2, 0) is 14.3 Å². The molecule has 0 radical (unpaired) electrons. The number of aliphatic hydroxyl groups excluding tert-OH is 4. The molecule has 1 aliphatic heterocycles. The number of Topliss-reactive ketones (excluding diaryl/α,β-unsaturated/α-hetero) is 1. The molecule has 0 spiro atoms. The third-order valence-corrected chi connectivity index (χ3v) is 4.82. The lowest BCUT2D eigenvalue weighted by Gasteiger charge is -2.41. The molecular weight excluding hydrogens is 304 g/mol. The van der Waals surface area contributed by atoms with Crippen LogP contribution in [0.15, 0.2) is 11.6 Å². The maximum absolute atomic E-state index is 11.9. The number of aliphatic hydroxyl groups is 4. The summed E-state index contributed by atoms with van der Waals surface area (Å²) in [6, 6.07) is 0.